The third-order valence-electron chi connectivity index (χ3n) is 3.21. The lowest BCUT2D eigenvalue weighted by molar-refractivity contribution is 0.0951. The van der Waals surface area contributed by atoms with Crippen LogP contribution in [-0.2, 0) is 6.54 Å². The molecule has 3 rings (SSSR count). The molecule has 1 amide bonds. The Hall–Kier alpha value is -2.07. The van der Waals surface area contributed by atoms with Crippen molar-refractivity contribution in [3.63, 3.8) is 0 Å². The number of carbonyl (C=O) groups excluding carboxylic acids is 1. The quantitative estimate of drug-likeness (QED) is 0.753. The Morgan fingerprint density at radius 1 is 1.15 bits per heavy atom. The molecule has 0 bridgehead atoms. The first kappa shape index (κ1) is 12.9. The van der Waals surface area contributed by atoms with Gasteiger partial charge in [-0.2, -0.15) is 0 Å². The minimum Gasteiger partial charge on any atom is -0.361 e. The summed E-state index contributed by atoms with van der Waals surface area (Å²) in [6.07, 6.45) is 1.87. The molecule has 0 aliphatic carbocycles. The number of aromatic nitrogens is 1. The molecule has 0 saturated heterocycles. The number of hydrogen-bond acceptors (Lipinski definition) is 1. The average molecular weight is 329 g/mol. The number of nitrogens with one attached hydrogen (secondary N) is 2. The van der Waals surface area contributed by atoms with Gasteiger partial charge < -0.3 is 10.3 Å². The number of halogens is 1. The zero-order chi connectivity index (χ0) is 13.9. The molecule has 1 aromatic heterocycles. The second kappa shape index (κ2) is 5.51. The van der Waals surface area contributed by atoms with Crippen LogP contribution in [0.25, 0.3) is 10.9 Å². The zero-order valence-electron chi connectivity index (χ0n) is 10.7. The normalized spacial score (nSPS) is 10.7. The van der Waals surface area contributed by atoms with Gasteiger partial charge in [0.15, 0.2) is 0 Å². The minimum atomic E-state index is -0.0659. The summed E-state index contributed by atoms with van der Waals surface area (Å²) in [4.78, 5) is 15.3. The molecule has 1 heterocycles. The summed E-state index contributed by atoms with van der Waals surface area (Å²) in [6.45, 7) is 0.505. The number of fused-ring (bicyclic) bond motifs is 1. The molecule has 4 heteroatoms. The van der Waals surface area contributed by atoms with Crippen molar-refractivity contribution < 1.29 is 4.79 Å². The maximum absolute atomic E-state index is 12.2. The van der Waals surface area contributed by atoms with Crippen LogP contribution in [0.1, 0.15) is 15.9 Å². The Bertz CT molecular complexity index is 764. The number of aromatic amines is 1. The van der Waals surface area contributed by atoms with E-state index in [1.54, 1.807) is 0 Å². The summed E-state index contributed by atoms with van der Waals surface area (Å²) >= 11 is 3.47. The highest BCUT2D eigenvalue weighted by Gasteiger charge is 2.07. The Morgan fingerprint density at radius 3 is 2.85 bits per heavy atom. The molecule has 0 aliphatic rings. The predicted octanol–water partition coefficient (Wildman–Crippen LogP) is 3.86. The zero-order valence-corrected chi connectivity index (χ0v) is 12.3. The third kappa shape index (κ3) is 2.60. The lowest BCUT2D eigenvalue weighted by atomic mass is 10.1. The molecule has 2 aromatic carbocycles. The molecule has 0 saturated carbocycles. The molecule has 0 aliphatic heterocycles. The second-order valence-electron chi connectivity index (χ2n) is 4.55. The smallest absolute Gasteiger partial charge is 0.251 e. The SMILES string of the molecule is O=C(NCc1ccccc1Br)c1ccc2[nH]ccc2c1. The maximum atomic E-state index is 12.2. The average Bonchev–Trinajstić information content (AvgIpc) is 2.93. The van der Waals surface area contributed by atoms with Crippen LogP contribution in [0.15, 0.2) is 59.2 Å². The van der Waals surface area contributed by atoms with E-state index >= 15 is 0 Å². The molecular formula is C16H13BrN2O. The van der Waals surface area contributed by atoms with Crippen molar-refractivity contribution in [2.24, 2.45) is 0 Å². The summed E-state index contributed by atoms with van der Waals surface area (Å²) in [5, 5.41) is 3.97. The summed E-state index contributed by atoms with van der Waals surface area (Å²) < 4.78 is 1.00. The number of carbonyl (C=O) groups is 1. The number of rotatable bonds is 3. The van der Waals surface area contributed by atoms with E-state index in [0.717, 1.165) is 20.9 Å². The van der Waals surface area contributed by atoms with E-state index in [1.165, 1.54) is 0 Å². The molecule has 0 atom stereocenters. The molecule has 0 fully saturated rings. The highest BCUT2D eigenvalue weighted by atomic mass is 79.9. The van der Waals surface area contributed by atoms with Gasteiger partial charge in [0.25, 0.3) is 5.91 Å². The topological polar surface area (TPSA) is 44.9 Å². The van der Waals surface area contributed by atoms with E-state index in [9.17, 15) is 4.79 Å². The van der Waals surface area contributed by atoms with Gasteiger partial charge in [-0.05, 0) is 35.9 Å². The lowest BCUT2D eigenvalue weighted by Gasteiger charge is -2.07. The number of hydrogen-bond donors (Lipinski definition) is 2. The van der Waals surface area contributed by atoms with Crippen LogP contribution in [0.5, 0.6) is 0 Å². The van der Waals surface area contributed by atoms with Gasteiger partial charge in [0.05, 0.1) is 0 Å². The highest BCUT2D eigenvalue weighted by Crippen LogP contribution is 2.17. The molecule has 3 aromatic rings. The largest absolute Gasteiger partial charge is 0.361 e. The first-order chi connectivity index (χ1) is 9.74. The van der Waals surface area contributed by atoms with Crippen molar-refractivity contribution >= 4 is 32.7 Å². The van der Waals surface area contributed by atoms with Crippen LogP contribution in [0.2, 0.25) is 0 Å². The Balaban J connectivity index is 1.74. The fourth-order valence-corrected chi connectivity index (χ4v) is 2.54. The van der Waals surface area contributed by atoms with E-state index in [1.807, 2.05) is 54.7 Å². The predicted molar refractivity (Wildman–Crippen MR) is 83.6 cm³/mol. The molecule has 100 valence electrons. The van der Waals surface area contributed by atoms with E-state index in [0.29, 0.717) is 12.1 Å². The van der Waals surface area contributed by atoms with Crippen LogP contribution >= 0.6 is 15.9 Å². The fraction of sp³-hybridized carbons (Fsp3) is 0.0625. The first-order valence-electron chi connectivity index (χ1n) is 6.33. The lowest BCUT2D eigenvalue weighted by Crippen LogP contribution is -2.22. The summed E-state index contributed by atoms with van der Waals surface area (Å²) in [7, 11) is 0. The molecule has 0 unspecified atom stereocenters. The minimum absolute atomic E-state index is 0.0659. The third-order valence-corrected chi connectivity index (χ3v) is 3.99. The van der Waals surface area contributed by atoms with Crippen LogP contribution in [-0.4, -0.2) is 10.9 Å². The molecule has 2 N–H and O–H groups in total. The molecule has 20 heavy (non-hydrogen) atoms. The van der Waals surface area contributed by atoms with Gasteiger partial charge >= 0.3 is 0 Å². The van der Waals surface area contributed by atoms with Crippen molar-refractivity contribution in [1.82, 2.24) is 10.3 Å². The molecule has 3 nitrogen and oxygen atoms in total. The van der Waals surface area contributed by atoms with Crippen molar-refractivity contribution in [2.45, 2.75) is 6.54 Å². The van der Waals surface area contributed by atoms with Crippen LogP contribution in [0.3, 0.4) is 0 Å². The van der Waals surface area contributed by atoms with Gasteiger partial charge in [0.2, 0.25) is 0 Å². The van der Waals surface area contributed by atoms with Crippen molar-refractivity contribution in [2.75, 3.05) is 0 Å². The number of H-pyrrole nitrogens is 1. The monoisotopic (exact) mass is 328 g/mol. The Labute approximate surface area is 125 Å². The van der Waals surface area contributed by atoms with Crippen LogP contribution in [0.4, 0.5) is 0 Å². The van der Waals surface area contributed by atoms with Gasteiger partial charge in [0, 0.05) is 33.7 Å². The van der Waals surface area contributed by atoms with Gasteiger partial charge in [-0.15, -0.1) is 0 Å². The summed E-state index contributed by atoms with van der Waals surface area (Å²) in [5.74, 6) is -0.0659. The van der Waals surface area contributed by atoms with E-state index < -0.39 is 0 Å². The molecule has 0 spiro atoms. The van der Waals surface area contributed by atoms with Crippen molar-refractivity contribution in [3.8, 4) is 0 Å². The summed E-state index contributed by atoms with van der Waals surface area (Å²) in [5.41, 5.74) is 2.76. The van der Waals surface area contributed by atoms with Gasteiger partial charge in [-0.1, -0.05) is 34.1 Å². The van der Waals surface area contributed by atoms with Crippen LogP contribution in [0, 0.1) is 0 Å². The second-order valence-corrected chi connectivity index (χ2v) is 5.41. The fourth-order valence-electron chi connectivity index (χ4n) is 2.11. The summed E-state index contributed by atoms with van der Waals surface area (Å²) in [6, 6.07) is 15.5. The van der Waals surface area contributed by atoms with E-state index in [-0.39, 0.29) is 5.91 Å². The van der Waals surface area contributed by atoms with Crippen molar-refractivity contribution in [3.05, 3.63) is 70.3 Å². The molecule has 0 radical (unpaired) electrons. The first-order valence-corrected chi connectivity index (χ1v) is 7.12. The highest BCUT2D eigenvalue weighted by molar-refractivity contribution is 9.10. The molecular weight excluding hydrogens is 316 g/mol. The van der Waals surface area contributed by atoms with Crippen LogP contribution < -0.4 is 5.32 Å². The van der Waals surface area contributed by atoms with E-state index in [2.05, 4.69) is 26.2 Å². The Morgan fingerprint density at radius 2 is 2.00 bits per heavy atom. The van der Waals surface area contributed by atoms with Gasteiger partial charge in [-0.3, -0.25) is 4.79 Å². The van der Waals surface area contributed by atoms with Crippen molar-refractivity contribution in [1.29, 1.82) is 0 Å². The van der Waals surface area contributed by atoms with E-state index in [4.69, 9.17) is 0 Å². The number of amides is 1. The van der Waals surface area contributed by atoms with Gasteiger partial charge in [-0.25, -0.2) is 0 Å². The maximum Gasteiger partial charge on any atom is 0.251 e. The Kier molecular flexibility index (Phi) is 3.56. The standard InChI is InChI=1S/C16H13BrN2O/c17-14-4-2-1-3-13(14)10-19-16(20)12-5-6-15-11(9-12)7-8-18-15/h1-9,18H,10H2,(H,19,20). The van der Waals surface area contributed by atoms with Gasteiger partial charge in [0.1, 0.15) is 0 Å². The number of benzene rings is 2.